The molecule has 0 atom stereocenters. The summed E-state index contributed by atoms with van der Waals surface area (Å²) in [6.45, 7) is 0. The van der Waals surface area contributed by atoms with Gasteiger partial charge in [0.15, 0.2) is 5.82 Å². The van der Waals surface area contributed by atoms with E-state index in [-0.39, 0.29) is 22.1 Å². The Kier molecular flexibility index (Phi) is 3.58. The van der Waals surface area contributed by atoms with Crippen molar-refractivity contribution in [2.45, 2.75) is 4.90 Å². The smallest absolute Gasteiger partial charge is 0.271 e. The van der Waals surface area contributed by atoms with Crippen molar-refractivity contribution < 1.29 is 13.3 Å². The third-order valence-corrected chi connectivity index (χ3v) is 3.84. The number of nitrogens with zero attached hydrogens (tertiary/aromatic N) is 2. The highest BCUT2D eigenvalue weighted by molar-refractivity contribution is 7.92. The Hall–Kier alpha value is -2.95. The first-order valence-electron chi connectivity index (χ1n) is 5.42. The second-order valence-corrected chi connectivity index (χ2v) is 5.54. The topological polar surface area (TPSA) is 161 Å². The lowest BCUT2D eigenvalue weighted by atomic mass is 10.3. The Labute approximate surface area is 117 Å². The van der Waals surface area contributed by atoms with Gasteiger partial charge in [-0.2, -0.15) is 5.10 Å². The molecule has 11 heteroatoms. The predicted molar refractivity (Wildman–Crippen MR) is 73.2 cm³/mol. The molecular weight excluding hydrogens is 302 g/mol. The molecule has 1 heterocycles. The summed E-state index contributed by atoms with van der Waals surface area (Å²) in [6, 6.07) is 5.23. The molecule has 0 fully saturated rings. The van der Waals surface area contributed by atoms with Crippen molar-refractivity contribution in [3.63, 3.8) is 0 Å². The Morgan fingerprint density at radius 2 is 2.00 bits per heavy atom. The highest BCUT2D eigenvalue weighted by Gasteiger charge is 2.20. The van der Waals surface area contributed by atoms with E-state index in [4.69, 9.17) is 5.73 Å². The van der Waals surface area contributed by atoms with Gasteiger partial charge >= 0.3 is 0 Å². The molecule has 0 aliphatic rings. The molecule has 4 N–H and O–H groups in total. The van der Waals surface area contributed by atoms with Gasteiger partial charge < -0.3 is 5.73 Å². The molecule has 0 aliphatic heterocycles. The monoisotopic (exact) mass is 311 g/mol. The van der Waals surface area contributed by atoms with Gasteiger partial charge in [0.25, 0.3) is 21.3 Å². The van der Waals surface area contributed by atoms with Crippen molar-refractivity contribution >= 4 is 27.2 Å². The minimum Gasteiger partial charge on any atom is -0.397 e. The van der Waals surface area contributed by atoms with Crippen LogP contribution >= 0.6 is 0 Å². The zero-order valence-electron chi connectivity index (χ0n) is 10.3. The van der Waals surface area contributed by atoms with Gasteiger partial charge in [-0.3, -0.25) is 19.6 Å². The standard InChI is InChI=1S/C10H9N5O5S/c11-7-5-6(15(17)18)1-2-8(7)21(19,20)14-9-3-4-10(16)13-12-9/h1-5H,11H2,(H,12,14)(H,13,16). The Morgan fingerprint density at radius 3 is 2.52 bits per heavy atom. The molecule has 0 unspecified atom stereocenters. The van der Waals surface area contributed by atoms with E-state index in [2.05, 4.69) is 14.9 Å². The maximum atomic E-state index is 12.1. The third kappa shape index (κ3) is 3.14. The average molecular weight is 311 g/mol. The maximum absolute atomic E-state index is 12.1. The average Bonchev–Trinajstić information content (AvgIpc) is 2.40. The van der Waals surface area contributed by atoms with Gasteiger partial charge in [-0.05, 0) is 12.1 Å². The van der Waals surface area contributed by atoms with Crippen LogP contribution in [0.25, 0.3) is 0 Å². The number of nitrogen functional groups attached to an aromatic ring is 1. The molecule has 1 aromatic heterocycles. The second-order valence-electron chi connectivity index (χ2n) is 3.89. The molecule has 2 rings (SSSR count). The fourth-order valence-corrected chi connectivity index (χ4v) is 2.60. The van der Waals surface area contributed by atoms with Crippen LogP contribution in [0.4, 0.5) is 17.2 Å². The van der Waals surface area contributed by atoms with Crippen LogP contribution in [0.1, 0.15) is 0 Å². The van der Waals surface area contributed by atoms with E-state index in [0.717, 1.165) is 30.3 Å². The van der Waals surface area contributed by atoms with Gasteiger partial charge in [-0.15, -0.1) is 0 Å². The first-order valence-corrected chi connectivity index (χ1v) is 6.90. The molecular formula is C10H9N5O5S. The van der Waals surface area contributed by atoms with Gasteiger partial charge in [0.2, 0.25) is 0 Å². The molecule has 0 spiro atoms. The Morgan fingerprint density at radius 1 is 1.29 bits per heavy atom. The van der Waals surface area contributed by atoms with Crippen LogP contribution in [0.15, 0.2) is 40.0 Å². The third-order valence-electron chi connectivity index (χ3n) is 2.41. The number of benzene rings is 1. The van der Waals surface area contributed by atoms with Crippen molar-refractivity contribution in [1.82, 2.24) is 10.2 Å². The molecule has 21 heavy (non-hydrogen) atoms. The van der Waals surface area contributed by atoms with Gasteiger partial charge in [0.05, 0.1) is 10.6 Å². The summed E-state index contributed by atoms with van der Waals surface area (Å²) in [5, 5.41) is 16.1. The van der Waals surface area contributed by atoms with E-state index >= 15 is 0 Å². The Bertz CT molecular complexity index is 840. The summed E-state index contributed by atoms with van der Waals surface area (Å²) >= 11 is 0. The van der Waals surface area contributed by atoms with E-state index < -0.39 is 20.5 Å². The van der Waals surface area contributed by atoms with Gasteiger partial charge in [-0.1, -0.05) is 0 Å². The first kappa shape index (κ1) is 14.5. The lowest BCUT2D eigenvalue weighted by Gasteiger charge is -2.08. The fraction of sp³-hybridized carbons (Fsp3) is 0. The number of nitrogens with two attached hydrogens (primary N) is 1. The molecule has 0 amide bonds. The SMILES string of the molecule is Nc1cc([N+](=O)[O-])ccc1S(=O)(=O)Nc1ccc(=O)[nH]n1. The molecule has 0 saturated heterocycles. The second kappa shape index (κ2) is 5.20. The van der Waals surface area contributed by atoms with E-state index in [1.165, 1.54) is 0 Å². The number of rotatable bonds is 4. The number of hydrogen-bond donors (Lipinski definition) is 3. The molecule has 110 valence electrons. The molecule has 0 saturated carbocycles. The molecule has 0 aliphatic carbocycles. The molecule has 0 bridgehead atoms. The highest BCUT2D eigenvalue weighted by atomic mass is 32.2. The van der Waals surface area contributed by atoms with Gasteiger partial charge in [-0.25, -0.2) is 13.5 Å². The minimum absolute atomic E-state index is 0.118. The van der Waals surface area contributed by atoms with Crippen molar-refractivity contribution in [3.05, 3.63) is 50.8 Å². The van der Waals surface area contributed by atoms with Crippen molar-refractivity contribution in [2.75, 3.05) is 10.5 Å². The summed E-state index contributed by atoms with van der Waals surface area (Å²) in [6.07, 6.45) is 0. The predicted octanol–water partition coefficient (Wildman–Crippen LogP) is 0.0611. The number of H-pyrrole nitrogens is 1. The van der Waals surface area contributed by atoms with Gasteiger partial charge in [0, 0.05) is 18.2 Å². The number of nitro benzene ring substituents is 1. The molecule has 0 radical (unpaired) electrons. The van der Waals surface area contributed by atoms with Crippen LogP contribution in [-0.4, -0.2) is 23.5 Å². The fourth-order valence-electron chi connectivity index (χ4n) is 1.49. The number of aromatic amines is 1. The van der Waals surface area contributed by atoms with Crippen LogP contribution in [0.2, 0.25) is 0 Å². The summed E-state index contributed by atoms with van der Waals surface area (Å²) in [7, 11) is -4.08. The number of hydrogen-bond acceptors (Lipinski definition) is 7. The van der Waals surface area contributed by atoms with Crippen LogP contribution in [0.3, 0.4) is 0 Å². The van der Waals surface area contributed by atoms with Crippen LogP contribution in [0, 0.1) is 10.1 Å². The lowest BCUT2D eigenvalue weighted by Crippen LogP contribution is -2.17. The highest BCUT2D eigenvalue weighted by Crippen LogP contribution is 2.24. The number of sulfonamides is 1. The van der Waals surface area contributed by atoms with E-state index in [1.54, 1.807) is 0 Å². The molecule has 10 nitrogen and oxygen atoms in total. The largest absolute Gasteiger partial charge is 0.397 e. The van der Waals surface area contributed by atoms with Gasteiger partial charge in [0.1, 0.15) is 4.90 Å². The van der Waals surface area contributed by atoms with Crippen molar-refractivity contribution in [1.29, 1.82) is 0 Å². The quantitative estimate of drug-likeness (QED) is 0.408. The summed E-state index contributed by atoms with van der Waals surface area (Å²) in [5.74, 6) is -0.118. The zero-order chi connectivity index (χ0) is 15.6. The Balaban J connectivity index is 2.37. The number of anilines is 2. The number of non-ortho nitro benzene ring substituents is 1. The number of aromatic nitrogens is 2. The summed E-state index contributed by atoms with van der Waals surface area (Å²) < 4.78 is 26.3. The molecule has 1 aromatic carbocycles. The zero-order valence-corrected chi connectivity index (χ0v) is 11.1. The summed E-state index contributed by atoms with van der Waals surface area (Å²) in [4.78, 5) is 20.4. The van der Waals surface area contributed by atoms with Crippen LogP contribution in [0.5, 0.6) is 0 Å². The van der Waals surface area contributed by atoms with Crippen molar-refractivity contribution in [3.8, 4) is 0 Å². The van der Waals surface area contributed by atoms with E-state index in [9.17, 15) is 23.3 Å². The lowest BCUT2D eigenvalue weighted by molar-refractivity contribution is -0.384. The maximum Gasteiger partial charge on any atom is 0.271 e. The normalized spacial score (nSPS) is 11.0. The van der Waals surface area contributed by atoms with Crippen LogP contribution in [-0.2, 0) is 10.0 Å². The van der Waals surface area contributed by atoms with Crippen molar-refractivity contribution in [2.24, 2.45) is 0 Å². The first-order chi connectivity index (χ1) is 9.79. The number of nitro groups is 1. The molecule has 2 aromatic rings. The minimum atomic E-state index is -4.08. The number of nitrogens with one attached hydrogen (secondary N) is 2. The van der Waals surface area contributed by atoms with Crippen LogP contribution < -0.4 is 16.0 Å². The van der Waals surface area contributed by atoms with E-state index in [1.807, 2.05) is 0 Å². The summed E-state index contributed by atoms with van der Waals surface area (Å²) in [5.41, 5.74) is 4.43. The van der Waals surface area contributed by atoms with E-state index in [0.29, 0.717) is 0 Å².